The second kappa shape index (κ2) is 5.89. The Bertz CT molecular complexity index is 732. The Morgan fingerprint density at radius 1 is 1.32 bits per heavy atom. The smallest absolute Gasteiger partial charge is 0.248 e. The number of hydrogen-bond acceptors (Lipinski definition) is 3. The van der Waals surface area contributed by atoms with Crippen molar-refractivity contribution in [2.24, 2.45) is 0 Å². The van der Waals surface area contributed by atoms with E-state index in [1.165, 1.54) is 6.08 Å². The molecule has 112 valence electrons. The van der Waals surface area contributed by atoms with Crippen LogP contribution in [0.5, 0.6) is 0 Å². The van der Waals surface area contributed by atoms with E-state index in [1.807, 2.05) is 12.1 Å². The number of amides is 2. The number of hydrogen-bond donors (Lipinski definition) is 1. The third kappa shape index (κ3) is 2.93. The van der Waals surface area contributed by atoms with Crippen molar-refractivity contribution in [3.63, 3.8) is 0 Å². The maximum Gasteiger partial charge on any atom is 0.248 e. The molecule has 22 heavy (non-hydrogen) atoms. The maximum absolute atomic E-state index is 11.9. The van der Waals surface area contributed by atoms with Gasteiger partial charge < -0.3 is 14.6 Å². The zero-order chi connectivity index (χ0) is 15.5. The van der Waals surface area contributed by atoms with Crippen molar-refractivity contribution in [2.75, 3.05) is 16.8 Å². The summed E-state index contributed by atoms with van der Waals surface area (Å²) in [5.41, 5.74) is 2.72. The zero-order valence-corrected chi connectivity index (χ0v) is 12.2. The second-order valence-corrected chi connectivity index (χ2v) is 5.10. The summed E-state index contributed by atoms with van der Waals surface area (Å²) in [4.78, 5) is 25.1. The number of fused-ring (bicyclic) bond motifs is 1. The fraction of sp³-hybridized carbons (Fsp3) is 0.176. The number of benzene rings is 1. The zero-order valence-electron chi connectivity index (χ0n) is 12.2. The van der Waals surface area contributed by atoms with Crippen LogP contribution in [0.3, 0.4) is 0 Å². The van der Waals surface area contributed by atoms with E-state index in [0.29, 0.717) is 12.3 Å². The van der Waals surface area contributed by atoms with E-state index in [9.17, 15) is 9.59 Å². The lowest BCUT2D eigenvalue weighted by molar-refractivity contribution is -0.116. The highest BCUT2D eigenvalue weighted by Crippen LogP contribution is 2.30. The van der Waals surface area contributed by atoms with Crippen molar-refractivity contribution in [2.45, 2.75) is 13.3 Å². The highest BCUT2D eigenvalue weighted by Gasteiger charge is 2.22. The van der Waals surface area contributed by atoms with Gasteiger partial charge >= 0.3 is 0 Å². The van der Waals surface area contributed by atoms with E-state index in [1.54, 1.807) is 42.4 Å². The molecule has 1 aliphatic rings. The first kappa shape index (κ1) is 14.1. The first-order valence-corrected chi connectivity index (χ1v) is 7.07. The van der Waals surface area contributed by atoms with Gasteiger partial charge in [-0.25, -0.2) is 0 Å². The van der Waals surface area contributed by atoms with Crippen LogP contribution >= 0.6 is 0 Å². The molecule has 3 rings (SSSR count). The number of furan rings is 1. The molecule has 5 heteroatoms. The first-order valence-electron chi connectivity index (χ1n) is 7.07. The fourth-order valence-electron chi connectivity index (χ4n) is 2.53. The third-order valence-corrected chi connectivity index (χ3v) is 3.56. The van der Waals surface area contributed by atoms with Gasteiger partial charge in [0.25, 0.3) is 0 Å². The number of nitrogens with zero attached hydrogens (tertiary/aromatic N) is 1. The molecule has 0 fully saturated rings. The standard InChI is InChI=1S/C17H16N2O3/c1-12(20)19-9-8-13-11-14(4-6-16(13)19)18-17(21)7-5-15-3-2-10-22-15/h2-7,10-11H,8-9H2,1H3,(H,18,21)/b7-5+. The summed E-state index contributed by atoms with van der Waals surface area (Å²) in [7, 11) is 0. The average Bonchev–Trinajstić information content (AvgIpc) is 3.14. The van der Waals surface area contributed by atoms with Gasteiger partial charge in [-0.05, 0) is 48.4 Å². The molecule has 0 radical (unpaired) electrons. The van der Waals surface area contributed by atoms with Crippen LogP contribution in [0.1, 0.15) is 18.2 Å². The predicted molar refractivity (Wildman–Crippen MR) is 84.5 cm³/mol. The summed E-state index contributed by atoms with van der Waals surface area (Å²) in [6, 6.07) is 9.12. The summed E-state index contributed by atoms with van der Waals surface area (Å²) in [5.74, 6) is 0.441. The molecule has 1 N–H and O–H groups in total. The summed E-state index contributed by atoms with van der Waals surface area (Å²) < 4.78 is 5.12. The van der Waals surface area contributed by atoms with Gasteiger partial charge in [0.2, 0.25) is 11.8 Å². The SMILES string of the molecule is CC(=O)N1CCc2cc(NC(=O)/C=C/c3ccco3)ccc21. The Balaban J connectivity index is 1.69. The van der Waals surface area contributed by atoms with Crippen LogP contribution in [0.15, 0.2) is 47.1 Å². The molecule has 0 saturated carbocycles. The largest absolute Gasteiger partial charge is 0.465 e. The topological polar surface area (TPSA) is 62.6 Å². The minimum Gasteiger partial charge on any atom is -0.465 e. The Labute approximate surface area is 128 Å². The third-order valence-electron chi connectivity index (χ3n) is 3.56. The Morgan fingerprint density at radius 2 is 2.18 bits per heavy atom. The van der Waals surface area contributed by atoms with Crippen LogP contribution in [0.2, 0.25) is 0 Å². The Morgan fingerprint density at radius 3 is 2.91 bits per heavy atom. The Kier molecular flexibility index (Phi) is 3.78. The van der Waals surface area contributed by atoms with Crippen molar-refractivity contribution < 1.29 is 14.0 Å². The molecule has 1 aromatic heterocycles. The van der Waals surface area contributed by atoms with Gasteiger partial charge in [-0.15, -0.1) is 0 Å². The number of carbonyl (C=O) groups excluding carboxylic acids is 2. The van der Waals surface area contributed by atoms with Crippen LogP contribution in [0.4, 0.5) is 11.4 Å². The van der Waals surface area contributed by atoms with Gasteiger partial charge in [-0.2, -0.15) is 0 Å². The van der Waals surface area contributed by atoms with Gasteiger partial charge in [-0.1, -0.05) is 0 Å². The van der Waals surface area contributed by atoms with Crippen molar-refractivity contribution in [3.8, 4) is 0 Å². The molecular formula is C17H16N2O3. The highest BCUT2D eigenvalue weighted by molar-refractivity contribution is 6.02. The summed E-state index contributed by atoms with van der Waals surface area (Å²) >= 11 is 0. The first-order chi connectivity index (χ1) is 10.6. The number of anilines is 2. The number of nitrogens with one attached hydrogen (secondary N) is 1. The van der Waals surface area contributed by atoms with Crippen LogP contribution in [0.25, 0.3) is 6.08 Å². The van der Waals surface area contributed by atoms with E-state index < -0.39 is 0 Å². The molecule has 0 unspecified atom stereocenters. The molecular weight excluding hydrogens is 280 g/mol. The molecule has 2 heterocycles. The lowest BCUT2D eigenvalue weighted by Crippen LogP contribution is -2.25. The molecule has 5 nitrogen and oxygen atoms in total. The van der Waals surface area contributed by atoms with E-state index in [4.69, 9.17) is 4.42 Å². The fourth-order valence-corrected chi connectivity index (χ4v) is 2.53. The van der Waals surface area contributed by atoms with Gasteiger partial charge in [0.15, 0.2) is 0 Å². The van der Waals surface area contributed by atoms with Crippen LogP contribution < -0.4 is 10.2 Å². The molecule has 0 aliphatic carbocycles. The van der Waals surface area contributed by atoms with E-state index in [2.05, 4.69) is 5.32 Å². The van der Waals surface area contributed by atoms with Gasteiger partial charge in [0.05, 0.1) is 6.26 Å². The van der Waals surface area contributed by atoms with Crippen LogP contribution in [-0.2, 0) is 16.0 Å². The van der Waals surface area contributed by atoms with E-state index >= 15 is 0 Å². The normalized spacial score (nSPS) is 13.4. The molecule has 0 bridgehead atoms. The van der Waals surface area contributed by atoms with Gasteiger partial charge in [-0.3, -0.25) is 9.59 Å². The molecule has 0 spiro atoms. The lowest BCUT2D eigenvalue weighted by atomic mass is 10.1. The summed E-state index contributed by atoms with van der Waals surface area (Å²) in [5, 5.41) is 2.81. The number of carbonyl (C=O) groups is 2. The van der Waals surface area contributed by atoms with Gasteiger partial charge in [0.1, 0.15) is 5.76 Å². The quantitative estimate of drug-likeness (QED) is 0.886. The van der Waals surface area contributed by atoms with E-state index in [-0.39, 0.29) is 11.8 Å². The predicted octanol–water partition coefficient (Wildman–Crippen LogP) is 2.84. The van der Waals surface area contributed by atoms with E-state index in [0.717, 1.165) is 23.4 Å². The van der Waals surface area contributed by atoms with Crippen molar-refractivity contribution >= 4 is 29.3 Å². The minimum atomic E-state index is -0.224. The van der Waals surface area contributed by atoms with Crippen LogP contribution in [-0.4, -0.2) is 18.4 Å². The highest BCUT2D eigenvalue weighted by atomic mass is 16.3. The molecule has 2 amide bonds. The number of rotatable bonds is 3. The van der Waals surface area contributed by atoms with Crippen molar-refractivity contribution in [1.29, 1.82) is 0 Å². The second-order valence-electron chi connectivity index (χ2n) is 5.10. The molecule has 0 saturated heterocycles. The molecule has 1 aromatic carbocycles. The molecule has 1 aliphatic heterocycles. The average molecular weight is 296 g/mol. The minimum absolute atomic E-state index is 0.0388. The summed E-state index contributed by atoms with van der Waals surface area (Å²) in [6.07, 6.45) is 5.40. The van der Waals surface area contributed by atoms with Crippen molar-refractivity contribution in [1.82, 2.24) is 0 Å². The van der Waals surface area contributed by atoms with Gasteiger partial charge in [0, 0.05) is 30.9 Å². The molecule has 0 atom stereocenters. The summed E-state index contributed by atoms with van der Waals surface area (Å²) in [6.45, 7) is 2.25. The maximum atomic E-state index is 11.9. The Hall–Kier alpha value is -2.82. The van der Waals surface area contributed by atoms with Crippen LogP contribution in [0, 0.1) is 0 Å². The van der Waals surface area contributed by atoms with Crippen molar-refractivity contribution in [3.05, 3.63) is 54.0 Å². The lowest BCUT2D eigenvalue weighted by Gasteiger charge is -2.14. The monoisotopic (exact) mass is 296 g/mol. The molecule has 2 aromatic rings.